The van der Waals surface area contributed by atoms with Gasteiger partial charge in [0.15, 0.2) is 0 Å². The Kier molecular flexibility index (Phi) is 118. The Morgan fingerprint density at radius 3 is 0.477 bits per heavy atom. The third-order valence-electron chi connectivity index (χ3n) is 12.4. The first-order chi connectivity index (χ1) is 34.5. The third-order valence-corrected chi connectivity index (χ3v) is 23.1. The van der Waals surface area contributed by atoms with Crippen LogP contribution in [0.15, 0.2) is 137 Å². The summed E-state index contributed by atoms with van der Waals surface area (Å²) in [5, 5.41) is 0. The molecule has 88 heavy (non-hydrogen) atoms. The number of rotatable bonds is 19. The molecule has 0 spiro atoms. The molecule has 9 heteroatoms. The van der Waals surface area contributed by atoms with E-state index >= 15 is 0 Å². The van der Waals surface area contributed by atoms with Crippen molar-refractivity contribution < 1.29 is 58.4 Å². The van der Waals surface area contributed by atoms with Gasteiger partial charge in [0.2, 0.25) is 0 Å². The second kappa shape index (κ2) is 77.0. The first-order valence-corrected chi connectivity index (χ1v) is 51.5. The molecule has 0 aliphatic heterocycles. The van der Waals surface area contributed by atoms with Gasteiger partial charge in [-0.1, -0.05) is 271 Å². The van der Waals surface area contributed by atoms with E-state index < -0.39 is 48.4 Å². The Labute approximate surface area is 610 Å². The molecule has 3 aromatic carbocycles. The Hall–Kier alpha value is -0.729. The summed E-state index contributed by atoms with van der Waals surface area (Å²) in [5.74, 6) is 0.653. The van der Waals surface area contributed by atoms with Gasteiger partial charge in [0.1, 0.15) is 0 Å². The van der Waals surface area contributed by atoms with E-state index in [1.54, 1.807) is 0 Å². The number of hydrogen-bond acceptors (Lipinski definition) is 0. The SMILES string of the molecule is C=CCC[Si](C)(C)C.C=CCC[Si](C)(C)C.C=CCC[Si](C)(C)C.C=CCC[Si](C)(C)C.C=CCC[Si](C)(C)C.C=CCC[Si](C)(C)C.Cc1c(C)c(C)c(C)c(C)c1C.Cc1ccc(C(C)C)cc1.[CH3-].[CH3-].[CH3-].[CH3-].[CH3-].[CH3-].[CH3-].[CH3-].[CH3-].[Ru+3].[Ru+3].[Ru+3].c1ccccc1. The van der Waals surface area contributed by atoms with Crippen LogP contribution >= 0.6 is 0 Å². The molecule has 3 radical (unpaired) electrons. The molecule has 0 aliphatic carbocycles. The van der Waals surface area contributed by atoms with Crippen molar-refractivity contribution >= 4 is 48.4 Å². The fourth-order valence-electron chi connectivity index (χ4n) is 6.23. The van der Waals surface area contributed by atoms with E-state index in [0.29, 0.717) is 5.92 Å². The first-order valence-electron chi connectivity index (χ1n) is 29.3. The molecule has 0 atom stereocenters. The van der Waals surface area contributed by atoms with Crippen LogP contribution in [0.4, 0.5) is 0 Å². The second-order valence-electron chi connectivity index (χ2n) is 28.3. The molecule has 3 rings (SSSR count). The smallest absolute Gasteiger partial charge is 0.358 e. The minimum Gasteiger partial charge on any atom is -0.358 e. The van der Waals surface area contributed by atoms with Gasteiger partial charge in [-0.3, -0.25) is 0 Å². The maximum absolute atomic E-state index is 3.69. The summed E-state index contributed by atoms with van der Waals surface area (Å²) in [6.45, 7) is 84.9. The zero-order valence-electron chi connectivity index (χ0n) is 66.6. The van der Waals surface area contributed by atoms with Gasteiger partial charge in [0.05, 0.1) is 0 Å². The number of aryl methyl sites for hydroxylation is 1. The van der Waals surface area contributed by atoms with Crippen LogP contribution in [-0.2, 0) is 58.4 Å². The maximum Gasteiger partial charge on any atom is 3.00 e. The molecule has 0 amide bonds. The van der Waals surface area contributed by atoms with Gasteiger partial charge in [-0.05, 0) is 132 Å². The molecule has 0 N–H and O–H groups in total. The quantitative estimate of drug-likeness (QED) is 0.0637. The minimum absolute atomic E-state index is 0. The van der Waals surface area contributed by atoms with E-state index in [4.69, 9.17) is 0 Å². The van der Waals surface area contributed by atoms with Crippen LogP contribution in [0.1, 0.15) is 103 Å². The molecule has 0 unspecified atom stereocenters. The van der Waals surface area contributed by atoms with Crippen LogP contribution < -0.4 is 0 Å². The molecule has 0 aromatic heterocycles. The average Bonchev–Trinajstić information content (AvgIpc) is 3.31. The molecule has 3 aromatic rings. The Balaban J connectivity index is -0.0000000387. The van der Waals surface area contributed by atoms with E-state index in [-0.39, 0.29) is 125 Å². The normalized spacial score (nSPS) is 9.36. The first kappa shape index (κ1) is 135. The third kappa shape index (κ3) is 113. The van der Waals surface area contributed by atoms with Crippen LogP contribution in [0.5, 0.6) is 0 Å². The van der Waals surface area contributed by atoms with Crippen molar-refractivity contribution in [3.05, 3.63) is 248 Å². The molecule has 0 heterocycles. The van der Waals surface area contributed by atoms with Gasteiger partial charge >= 0.3 is 58.4 Å². The monoisotopic (exact) mass is 1580 g/mol. The molecule has 0 nitrogen and oxygen atoms in total. The van der Waals surface area contributed by atoms with E-state index in [1.165, 1.54) is 119 Å². The molecule has 525 valence electrons. The fourth-order valence-corrected chi connectivity index (χ4v) is 12.7. The van der Waals surface area contributed by atoms with Crippen molar-refractivity contribution in [2.45, 2.75) is 261 Å². The van der Waals surface area contributed by atoms with Gasteiger partial charge in [-0.15, -0.1) is 39.5 Å². The van der Waals surface area contributed by atoms with Crippen molar-refractivity contribution in [1.29, 1.82) is 0 Å². The largest absolute Gasteiger partial charge is 3.00 e. The summed E-state index contributed by atoms with van der Waals surface area (Å²) in [6, 6.07) is 29.0. The Morgan fingerprint density at radius 2 is 0.398 bits per heavy atom. The number of benzene rings is 3. The second-order valence-corrected chi connectivity index (χ2v) is 62.0. The standard InChI is InChI=1S/C12H18.C10H14.6C7H16Si.C6H6.9CH3.3Ru/c1-7-8(2)10(4)12(6)11(5)9(7)3;1-8(2)10-6-4-9(3)5-7-10;6*1-5-6-7-8(2,3)4;1-2-4-6-5-3-1;;;;;;;;;;;;/h1-6H3;4-8H,1-3H3;6*5H,1,6-7H2,2-4H3;1-6H;9*1H3;;;/q;;;;;;;;;9*-1;3*+3. The van der Waals surface area contributed by atoms with Crippen LogP contribution in [0, 0.1) is 115 Å². The average molecular weight is 1580 g/mol. The summed E-state index contributed by atoms with van der Waals surface area (Å²) in [6.07, 6.45) is 19.3. The van der Waals surface area contributed by atoms with Crippen molar-refractivity contribution in [2.24, 2.45) is 0 Å². The van der Waals surface area contributed by atoms with Crippen molar-refractivity contribution in [2.75, 3.05) is 0 Å². The van der Waals surface area contributed by atoms with Gasteiger partial charge < -0.3 is 66.8 Å². The van der Waals surface area contributed by atoms with Crippen molar-refractivity contribution in [3.8, 4) is 0 Å². The predicted molar refractivity (Wildman–Crippen MR) is 442 cm³/mol. The molecule has 0 saturated carbocycles. The molecule has 0 saturated heterocycles. The topological polar surface area (TPSA) is 0 Å². The van der Waals surface area contributed by atoms with E-state index in [9.17, 15) is 0 Å². The summed E-state index contributed by atoms with van der Waals surface area (Å²) < 4.78 is 0. The van der Waals surface area contributed by atoms with Crippen molar-refractivity contribution in [3.63, 3.8) is 0 Å². The summed E-state index contributed by atoms with van der Waals surface area (Å²) >= 11 is 0. The Bertz CT molecular complexity index is 1590. The van der Waals surface area contributed by atoms with E-state index in [2.05, 4.69) is 244 Å². The van der Waals surface area contributed by atoms with Gasteiger partial charge in [0, 0.05) is 48.4 Å². The molecule has 0 aliphatic rings. The zero-order valence-corrected chi connectivity index (χ0v) is 77.8. The summed E-state index contributed by atoms with van der Waals surface area (Å²) in [4.78, 5) is 0. The van der Waals surface area contributed by atoms with Crippen LogP contribution in [0.2, 0.25) is 154 Å². The summed E-state index contributed by atoms with van der Waals surface area (Å²) in [7, 11) is -4.50. The van der Waals surface area contributed by atoms with Gasteiger partial charge in [-0.25, -0.2) is 0 Å². The molecule has 0 bridgehead atoms. The van der Waals surface area contributed by atoms with Gasteiger partial charge in [0.25, 0.3) is 0 Å². The number of hydrogen-bond donors (Lipinski definition) is 0. The van der Waals surface area contributed by atoms with E-state index in [0.717, 1.165) is 0 Å². The molecule has 0 fully saturated rings. The van der Waals surface area contributed by atoms with Gasteiger partial charge in [-0.2, -0.15) is 0 Å². The van der Waals surface area contributed by atoms with Crippen LogP contribution in [0.25, 0.3) is 0 Å². The Morgan fingerprint density at radius 1 is 0.273 bits per heavy atom. The van der Waals surface area contributed by atoms with Crippen molar-refractivity contribution in [1.82, 2.24) is 0 Å². The molecular weight excluding hydrogens is 1420 g/mol. The predicted octanol–water partition coefficient (Wildman–Crippen LogP) is 29.8. The summed E-state index contributed by atoms with van der Waals surface area (Å²) in [5.41, 5.74) is 11.5. The van der Waals surface area contributed by atoms with E-state index in [1.807, 2.05) is 72.9 Å². The zero-order chi connectivity index (χ0) is 61.0. The van der Waals surface area contributed by atoms with Crippen LogP contribution in [-0.4, -0.2) is 48.4 Å². The maximum atomic E-state index is 3.69. The fraction of sp³-hybridized carbons (Fsp3) is 0.506. The van der Waals surface area contributed by atoms with Crippen LogP contribution in [0.3, 0.4) is 0 Å². The minimum atomic E-state index is -0.749. The molecular formula is C79H161Ru3Si6. The number of allylic oxidation sites excluding steroid dienone is 6.